The summed E-state index contributed by atoms with van der Waals surface area (Å²) in [5.74, 6) is -0.390. The first-order chi connectivity index (χ1) is 14.6. The van der Waals surface area contributed by atoms with Gasteiger partial charge in [-0.15, -0.1) is 11.3 Å². The second kappa shape index (κ2) is 8.97. The molecule has 0 atom stereocenters. The molecule has 30 heavy (non-hydrogen) atoms. The second-order valence-electron chi connectivity index (χ2n) is 6.60. The van der Waals surface area contributed by atoms with Crippen LogP contribution in [0.2, 0.25) is 0 Å². The number of amides is 1. The van der Waals surface area contributed by atoms with Crippen molar-refractivity contribution in [1.29, 1.82) is 0 Å². The van der Waals surface area contributed by atoms with Crippen LogP contribution < -0.4 is 10.2 Å². The highest BCUT2D eigenvalue weighted by molar-refractivity contribution is 7.13. The summed E-state index contributed by atoms with van der Waals surface area (Å²) in [7, 11) is 0. The normalized spacial score (nSPS) is 13.8. The van der Waals surface area contributed by atoms with E-state index in [2.05, 4.69) is 15.3 Å². The van der Waals surface area contributed by atoms with Gasteiger partial charge in [0.2, 0.25) is 0 Å². The first-order valence-electron chi connectivity index (χ1n) is 9.37. The predicted molar refractivity (Wildman–Crippen MR) is 113 cm³/mol. The number of benzene rings is 1. The molecule has 10 heteroatoms. The smallest absolute Gasteiger partial charge is 0.293 e. The fourth-order valence-corrected chi connectivity index (χ4v) is 3.95. The van der Waals surface area contributed by atoms with Crippen LogP contribution in [0.5, 0.6) is 0 Å². The number of thiazole rings is 1. The molecule has 0 aliphatic carbocycles. The van der Waals surface area contributed by atoms with Gasteiger partial charge in [0.05, 0.1) is 36.1 Å². The first kappa shape index (κ1) is 19.9. The van der Waals surface area contributed by atoms with Gasteiger partial charge in [0, 0.05) is 36.3 Å². The number of nitro groups is 1. The highest BCUT2D eigenvalue weighted by Gasteiger charge is 2.23. The van der Waals surface area contributed by atoms with Crippen molar-refractivity contribution in [3.8, 4) is 10.7 Å². The van der Waals surface area contributed by atoms with E-state index in [4.69, 9.17) is 4.74 Å². The van der Waals surface area contributed by atoms with Crippen LogP contribution in [0, 0.1) is 10.1 Å². The lowest BCUT2D eigenvalue weighted by molar-refractivity contribution is -0.384. The highest BCUT2D eigenvalue weighted by Crippen LogP contribution is 2.30. The third-order valence-corrected chi connectivity index (χ3v) is 5.57. The van der Waals surface area contributed by atoms with E-state index < -0.39 is 4.92 Å². The molecule has 9 nitrogen and oxygen atoms in total. The number of anilines is 1. The molecule has 2 aromatic heterocycles. The van der Waals surface area contributed by atoms with Crippen LogP contribution in [0.25, 0.3) is 10.7 Å². The molecule has 1 amide bonds. The number of nitro benzene ring substituents is 1. The zero-order valence-electron chi connectivity index (χ0n) is 16.0. The monoisotopic (exact) mass is 425 g/mol. The lowest BCUT2D eigenvalue weighted by Crippen LogP contribution is -2.36. The van der Waals surface area contributed by atoms with Gasteiger partial charge in [-0.2, -0.15) is 0 Å². The number of nitrogens with zero attached hydrogens (tertiary/aromatic N) is 4. The Hall–Kier alpha value is -3.37. The van der Waals surface area contributed by atoms with Crippen molar-refractivity contribution < 1.29 is 14.5 Å². The molecule has 4 rings (SSSR count). The molecule has 1 aliphatic rings. The molecular weight excluding hydrogens is 406 g/mol. The number of carbonyl (C=O) groups is 1. The van der Waals surface area contributed by atoms with E-state index in [0.717, 1.165) is 10.7 Å². The van der Waals surface area contributed by atoms with E-state index in [-0.39, 0.29) is 23.7 Å². The van der Waals surface area contributed by atoms with Crippen LogP contribution >= 0.6 is 11.3 Å². The highest BCUT2D eigenvalue weighted by atomic mass is 32.1. The minimum absolute atomic E-state index is 0.0874. The maximum absolute atomic E-state index is 12.6. The molecule has 1 aromatic carbocycles. The number of ether oxygens (including phenoxy) is 1. The average Bonchev–Trinajstić information content (AvgIpc) is 3.27. The van der Waals surface area contributed by atoms with Gasteiger partial charge >= 0.3 is 0 Å². The molecule has 0 saturated carbocycles. The Morgan fingerprint density at radius 1 is 1.27 bits per heavy atom. The van der Waals surface area contributed by atoms with E-state index in [1.807, 2.05) is 28.5 Å². The Balaban J connectivity index is 1.45. The number of pyridine rings is 1. The standard InChI is InChI=1S/C20H19N5O4S/c26-19(22-12-15-13-30-20(23-15)16-3-1-2-6-21-16)14-4-5-17(18(11-14)25(27)28)24-7-9-29-10-8-24/h1-6,11,13H,7-10,12H2,(H,22,26). The number of aromatic nitrogens is 2. The zero-order chi connectivity index (χ0) is 20.9. The molecule has 1 aliphatic heterocycles. The fourth-order valence-electron chi connectivity index (χ4n) is 3.15. The number of nitrogens with one attached hydrogen (secondary N) is 1. The van der Waals surface area contributed by atoms with Crippen LogP contribution in [0.3, 0.4) is 0 Å². The summed E-state index contributed by atoms with van der Waals surface area (Å²) in [5.41, 5.74) is 2.12. The maximum Gasteiger partial charge on any atom is 0.293 e. The molecule has 1 N–H and O–H groups in total. The summed E-state index contributed by atoms with van der Waals surface area (Å²) < 4.78 is 5.30. The Labute approximate surface area is 176 Å². The molecule has 0 unspecified atom stereocenters. The summed E-state index contributed by atoms with van der Waals surface area (Å²) in [4.78, 5) is 34.3. The lowest BCUT2D eigenvalue weighted by atomic mass is 10.1. The van der Waals surface area contributed by atoms with Gasteiger partial charge in [-0.05, 0) is 24.3 Å². The minimum atomic E-state index is -0.457. The number of carbonyl (C=O) groups excluding carboxylic acids is 1. The molecule has 1 fully saturated rings. The Kier molecular flexibility index (Phi) is 5.96. The van der Waals surface area contributed by atoms with Gasteiger partial charge in [-0.1, -0.05) is 6.07 Å². The van der Waals surface area contributed by atoms with E-state index in [0.29, 0.717) is 37.7 Å². The van der Waals surface area contributed by atoms with Gasteiger partial charge < -0.3 is 15.0 Å². The summed E-state index contributed by atoms with van der Waals surface area (Å²) in [6, 6.07) is 10.1. The topological polar surface area (TPSA) is 110 Å². The van der Waals surface area contributed by atoms with E-state index >= 15 is 0 Å². The van der Waals surface area contributed by atoms with E-state index in [1.165, 1.54) is 17.4 Å². The average molecular weight is 425 g/mol. The Bertz CT molecular complexity index is 1050. The van der Waals surface area contributed by atoms with Gasteiger partial charge in [-0.3, -0.25) is 19.9 Å². The van der Waals surface area contributed by atoms with Gasteiger partial charge in [0.25, 0.3) is 11.6 Å². The van der Waals surface area contributed by atoms with Crippen LogP contribution in [0.15, 0.2) is 48.0 Å². The summed E-state index contributed by atoms with van der Waals surface area (Å²) in [6.07, 6.45) is 1.70. The van der Waals surface area contributed by atoms with Crippen molar-refractivity contribution in [3.63, 3.8) is 0 Å². The largest absolute Gasteiger partial charge is 0.378 e. The number of hydrogen-bond acceptors (Lipinski definition) is 8. The van der Waals surface area contributed by atoms with Crippen molar-refractivity contribution in [1.82, 2.24) is 15.3 Å². The maximum atomic E-state index is 12.6. The molecular formula is C20H19N5O4S. The number of morpholine rings is 1. The fraction of sp³-hybridized carbons (Fsp3) is 0.250. The quantitative estimate of drug-likeness (QED) is 0.477. The number of hydrogen-bond donors (Lipinski definition) is 1. The van der Waals surface area contributed by atoms with Crippen LogP contribution in [-0.2, 0) is 11.3 Å². The van der Waals surface area contributed by atoms with Crippen molar-refractivity contribution in [2.24, 2.45) is 0 Å². The SMILES string of the molecule is O=C(NCc1csc(-c2ccccn2)n1)c1ccc(N2CCOCC2)c([N+](=O)[O-])c1. The van der Waals surface area contributed by atoms with Crippen molar-refractivity contribution in [2.75, 3.05) is 31.2 Å². The first-order valence-corrected chi connectivity index (χ1v) is 10.2. The summed E-state index contributed by atoms with van der Waals surface area (Å²) >= 11 is 1.44. The molecule has 0 spiro atoms. The molecule has 0 radical (unpaired) electrons. The minimum Gasteiger partial charge on any atom is -0.378 e. The van der Waals surface area contributed by atoms with E-state index in [9.17, 15) is 14.9 Å². The Morgan fingerprint density at radius 2 is 2.10 bits per heavy atom. The third-order valence-electron chi connectivity index (χ3n) is 4.65. The zero-order valence-corrected chi connectivity index (χ0v) is 16.8. The van der Waals surface area contributed by atoms with Crippen LogP contribution in [0.4, 0.5) is 11.4 Å². The molecule has 1 saturated heterocycles. The predicted octanol–water partition coefficient (Wildman–Crippen LogP) is 2.88. The van der Waals surface area contributed by atoms with Crippen LogP contribution in [0.1, 0.15) is 16.1 Å². The summed E-state index contributed by atoms with van der Waals surface area (Å²) in [5, 5.41) is 17.0. The van der Waals surface area contributed by atoms with Crippen molar-refractivity contribution in [2.45, 2.75) is 6.54 Å². The molecule has 0 bridgehead atoms. The second-order valence-corrected chi connectivity index (χ2v) is 7.46. The van der Waals surface area contributed by atoms with Gasteiger partial charge in [-0.25, -0.2) is 4.98 Å². The number of rotatable bonds is 6. The van der Waals surface area contributed by atoms with Gasteiger partial charge in [0.1, 0.15) is 10.7 Å². The summed E-state index contributed by atoms with van der Waals surface area (Å²) in [6.45, 7) is 2.42. The lowest BCUT2D eigenvalue weighted by Gasteiger charge is -2.28. The molecule has 3 aromatic rings. The van der Waals surface area contributed by atoms with E-state index in [1.54, 1.807) is 18.3 Å². The van der Waals surface area contributed by atoms with Crippen molar-refractivity contribution in [3.05, 3.63) is 69.3 Å². The Morgan fingerprint density at radius 3 is 2.83 bits per heavy atom. The third kappa shape index (κ3) is 4.44. The van der Waals surface area contributed by atoms with Crippen molar-refractivity contribution >= 4 is 28.6 Å². The molecule has 3 heterocycles. The van der Waals surface area contributed by atoms with Gasteiger partial charge in [0.15, 0.2) is 0 Å². The molecule has 154 valence electrons. The van der Waals surface area contributed by atoms with Crippen LogP contribution in [-0.4, -0.2) is 47.1 Å².